The van der Waals surface area contributed by atoms with Gasteiger partial charge < -0.3 is 5.73 Å². The van der Waals surface area contributed by atoms with E-state index in [0.29, 0.717) is 12.2 Å². The minimum absolute atomic E-state index is 0.240. The summed E-state index contributed by atoms with van der Waals surface area (Å²) in [5, 5.41) is 2.07. The van der Waals surface area contributed by atoms with E-state index < -0.39 is 0 Å². The fourth-order valence-corrected chi connectivity index (χ4v) is 3.13. The highest BCUT2D eigenvalue weighted by molar-refractivity contribution is 7.09. The number of hydrogen-bond acceptors (Lipinski definition) is 3. The van der Waals surface area contributed by atoms with Crippen LogP contribution in [-0.2, 0) is 11.2 Å². The van der Waals surface area contributed by atoms with E-state index in [4.69, 9.17) is 5.73 Å². The zero-order valence-corrected chi connectivity index (χ0v) is 10.3. The molecule has 2 unspecified atom stereocenters. The Morgan fingerprint density at radius 3 is 3.06 bits per heavy atom. The Morgan fingerprint density at radius 2 is 2.38 bits per heavy atom. The number of aryl methyl sites for hydroxylation is 1. The van der Waals surface area contributed by atoms with E-state index in [-0.39, 0.29) is 12.0 Å². The molecule has 1 fully saturated rings. The van der Waals surface area contributed by atoms with Gasteiger partial charge in [0.15, 0.2) is 0 Å². The van der Waals surface area contributed by atoms with Gasteiger partial charge in [0.25, 0.3) is 0 Å². The summed E-state index contributed by atoms with van der Waals surface area (Å²) in [5.41, 5.74) is 5.90. The lowest BCUT2D eigenvalue weighted by Crippen LogP contribution is -2.31. The summed E-state index contributed by atoms with van der Waals surface area (Å²) in [4.78, 5) is 13.3. The zero-order chi connectivity index (χ0) is 11.4. The Bertz CT molecular complexity index is 334. The third kappa shape index (κ3) is 3.16. The number of Topliss-reactive ketones (excluding diaryl/α,β-unsaturated/α-hetero) is 1. The maximum atomic E-state index is 12.0. The second-order valence-electron chi connectivity index (χ2n) is 4.67. The largest absolute Gasteiger partial charge is 0.328 e. The highest BCUT2D eigenvalue weighted by atomic mass is 32.1. The molecule has 1 aromatic heterocycles. The van der Waals surface area contributed by atoms with Crippen molar-refractivity contribution >= 4 is 17.1 Å². The summed E-state index contributed by atoms with van der Waals surface area (Å²) in [5.74, 6) is 0.660. The van der Waals surface area contributed by atoms with Crippen LogP contribution < -0.4 is 5.73 Å². The first-order valence-corrected chi connectivity index (χ1v) is 6.94. The summed E-state index contributed by atoms with van der Waals surface area (Å²) >= 11 is 1.74. The van der Waals surface area contributed by atoms with E-state index in [1.807, 2.05) is 6.07 Å². The van der Waals surface area contributed by atoms with Gasteiger partial charge in [-0.05, 0) is 37.1 Å². The maximum Gasteiger partial charge on any atom is 0.136 e. The monoisotopic (exact) mass is 237 g/mol. The van der Waals surface area contributed by atoms with Gasteiger partial charge in [0.1, 0.15) is 5.78 Å². The Labute approximate surface area is 101 Å². The van der Waals surface area contributed by atoms with Crippen LogP contribution >= 0.6 is 11.3 Å². The van der Waals surface area contributed by atoms with Crippen LogP contribution in [0, 0.1) is 5.92 Å². The fraction of sp³-hybridized carbons (Fsp3) is 0.615. The van der Waals surface area contributed by atoms with Crippen molar-refractivity contribution in [1.82, 2.24) is 0 Å². The minimum atomic E-state index is 0.240. The number of carbonyl (C=O) groups is 1. The highest BCUT2D eigenvalue weighted by Gasteiger charge is 2.24. The van der Waals surface area contributed by atoms with Gasteiger partial charge in [-0.15, -0.1) is 11.3 Å². The van der Waals surface area contributed by atoms with Crippen LogP contribution in [0.4, 0.5) is 0 Å². The molecule has 1 aliphatic carbocycles. The summed E-state index contributed by atoms with van der Waals surface area (Å²) in [6.07, 6.45) is 5.77. The van der Waals surface area contributed by atoms with Crippen molar-refractivity contribution in [3.05, 3.63) is 22.4 Å². The normalized spacial score (nSPS) is 25.6. The van der Waals surface area contributed by atoms with Crippen molar-refractivity contribution in [3.8, 4) is 0 Å². The van der Waals surface area contributed by atoms with Gasteiger partial charge in [0.2, 0.25) is 0 Å². The van der Waals surface area contributed by atoms with Gasteiger partial charge in [0, 0.05) is 23.3 Å². The van der Waals surface area contributed by atoms with Crippen molar-refractivity contribution in [1.29, 1.82) is 0 Å². The number of carbonyl (C=O) groups excluding carboxylic acids is 1. The van der Waals surface area contributed by atoms with E-state index in [2.05, 4.69) is 11.4 Å². The fourth-order valence-electron chi connectivity index (χ4n) is 2.43. The van der Waals surface area contributed by atoms with E-state index in [0.717, 1.165) is 32.1 Å². The van der Waals surface area contributed by atoms with Crippen LogP contribution in [0.15, 0.2) is 17.5 Å². The van der Waals surface area contributed by atoms with Crippen molar-refractivity contribution < 1.29 is 4.79 Å². The Balaban J connectivity index is 1.79. The molecule has 0 bridgehead atoms. The van der Waals surface area contributed by atoms with Crippen molar-refractivity contribution in [2.75, 3.05) is 0 Å². The standard InChI is InChI=1S/C13H19NOS/c14-11-4-1-3-10(9-11)13(15)7-6-12-5-2-8-16-12/h2,5,8,10-11H,1,3-4,6-7,9,14H2. The average molecular weight is 237 g/mol. The molecule has 0 aromatic carbocycles. The molecule has 0 saturated heterocycles. The Hall–Kier alpha value is -0.670. The van der Waals surface area contributed by atoms with Gasteiger partial charge in [-0.3, -0.25) is 4.79 Å². The predicted molar refractivity (Wildman–Crippen MR) is 67.6 cm³/mol. The topological polar surface area (TPSA) is 43.1 Å². The van der Waals surface area contributed by atoms with Crippen LogP contribution in [0.2, 0.25) is 0 Å². The van der Waals surface area contributed by atoms with E-state index in [9.17, 15) is 4.79 Å². The first-order valence-electron chi connectivity index (χ1n) is 6.06. The van der Waals surface area contributed by atoms with Crippen molar-refractivity contribution in [3.63, 3.8) is 0 Å². The first-order chi connectivity index (χ1) is 7.75. The van der Waals surface area contributed by atoms with Crippen LogP contribution in [0.1, 0.15) is 37.0 Å². The molecule has 16 heavy (non-hydrogen) atoms. The molecular weight excluding hydrogens is 218 g/mol. The number of ketones is 1. The highest BCUT2D eigenvalue weighted by Crippen LogP contribution is 2.25. The zero-order valence-electron chi connectivity index (χ0n) is 9.52. The average Bonchev–Trinajstić information content (AvgIpc) is 2.78. The number of rotatable bonds is 4. The quantitative estimate of drug-likeness (QED) is 0.875. The number of hydrogen-bond donors (Lipinski definition) is 1. The molecule has 0 radical (unpaired) electrons. The maximum absolute atomic E-state index is 12.0. The first kappa shape index (κ1) is 11.8. The molecular formula is C13H19NOS. The van der Waals surface area contributed by atoms with Gasteiger partial charge >= 0.3 is 0 Å². The molecule has 1 aromatic rings. The van der Waals surface area contributed by atoms with Gasteiger partial charge in [0.05, 0.1) is 0 Å². The second kappa shape index (κ2) is 5.60. The molecule has 2 atom stereocenters. The molecule has 0 amide bonds. The Kier molecular flexibility index (Phi) is 4.13. The van der Waals surface area contributed by atoms with Crippen LogP contribution in [0.3, 0.4) is 0 Å². The molecule has 0 aliphatic heterocycles. The van der Waals surface area contributed by atoms with Crippen LogP contribution in [-0.4, -0.2) is 11.8 Å². The van der Waals surface area contributed by atoms with E-state index in [1.165, 1.54) is 4.88 Å². The minimum Gasteiger partial charge on any atom is -0.328 e. The van der Waals surface area contributed by atoms with E-state index in [1.54, 1.807) is 11.3 Å². The lowest BCUT2D eigenvalue weighted by molar-refractivity contribution is -0.123. The predicted octanol–water partition coefficient (Wildman–Crippen LogP) is 2.77. The summed E-state index contributed by atoms with van der Waals surface area (Å²) in [6, 6.07) is 4.40. The van der Waals surface area contributed by atoms with E-state index >= 15 is 0 Å². The van der Waals surface area contributed by atoms with Gasteiger partial charge in [-0.2, -0.15) is 0 Å². The molecule has 2 nitrogen and oxygen atoms in total. The summed E-state index contributed by atoms with van der Waals surface area (Å²) < 4.78 is 0. The van der Waals surface area contributed by atoms with Crippen molar-refractivity contribution in [2.24, 2.45) is 11.7 Å². The third-order valence-electron chi connectivity index (χ3n) is 3.37. The van der Waals surface area contributed by atoms with Crippen molar-refractivity contribution in [2.45, 2.75) is 44.6 Å². The molecule has 88 valence electrons. The number of nitrogens with two attached hydrogens (primary N) is 1. The molecule has 1 aliphatic rings. The smallest absolute Gasteiger partial charge is 0.136 e. The molecule has 1 heterocycles. The second-order valence-corrected chi connectivity index (χ2v) is 5.70. The summed E-state index contributed by atoms with van der Waals surface area (Å²) in [7, 11) is 0. The SMILES string of the molecule is NC1CCCC(C(=O)CCc2cccs2)C1. The van der Waals surface area contributed by atoms with Gasteiger partial charge in [-0.1, -0.05) is 12.5 Å². The van der Waals surface area contributed by atoms with Gasteiger partial charge in [-0.25, -0.2) is 0 Å². The molecule has 1 saturated carbocycles. The van der Waals surface area contributed by atoms with Crippen LogP contribution in [0.5, 0.6) is 0 Å². The molecule has 3 heteroatoms. The lowest BCUT2D eigenvalue weighted by atomic mass is 9.82. The molecule has 2 N–H and O–H groups in total. The lowest BCUT2D eigenvalue weighted by Gasteiger charge is -2.25. The molecule has 0 spiro atoms. The van der Waals surface area contributed by atoms with Crippen LogP contribution in [0.25, 0.3) is 0 Å². The molecule has 2 rings (SSSR count). The third-order valence-corrected chi connectivity index (χ3v) is 4.30. The number of thiophene rings is 1. The Morgan fingerprint density at radius 1 is 1.50 bits per heavy atom. The summed E-state index contributed by atoms with van der Waals surface area (Å²) in [6.45, 7) is 0.